The minimum atomic E-state index is -0.711. The Bertz CT molecular complexity index is 966. The molecule has 1 aliphatic rings. The lowest BCUT2D eigenvalue weighted by Crippen LogP contribution is -2.31. The van der Waals surface area contributed by atoms with Crippen molar-refractivity contribution in [3.8, 4) is 11.5 Å². The van der Waals surface area contributed by atoms with Crippen LogP contribution in [0.15, 0.2) is 54.1 Å². The van der Waals surface area contributed by atoms with Crippen molar-refractivity contribution in [1.29, 1.82) is 0 Å². The lowest BCUT2D eigenvalue weighted by molar-refractivity contribution is -0.140. The topological polar surface area (TPSA) is 85.3 Å². The Hall–Kier alpha value is -3.32. The quantitative estimate of drug-likeness (QED) is 0.286. The first-order valence-corrected chi connectivity index (χ1v) is 10.2. The number of ether oxygens (including phenoxy) is 3. The van der Waals surface area contributed by atoms with Crippen LogP contribution in [-0.2, 0) is 14.3 Å². The first kappa shape index (κ1) is 22.4. The molecule has 1 atom stereocenters. The number of aliphatic hydroxyl groups is 1. The van der Waals surface area contributed by atoms with Gasteiger partial charge < -0.3 is 24.2 Å². The van der Waals surface area contributed by atoms with Gasteiger partial charge in [-0.2, -0.15) is 0 Å². The van der Waals surface area contributed by atoms with Gasteiger partial charge in [0.1, 0.15) is 17.3 Å². The molecule has 31 heavy (non-hydrogen) atoms. The van der Waals surface area contributed by atoms with E-state index < -0.39 is 17.7 Å². The second kappa shape index (κ2) is 10.1. The van der Waals surface area contributed by atoms with E-state index in [1.807, 2.05) is 6.92 Å². The zero-order chi connectivity index (χ0) is 22.4. The Balaban J connectivity index is 2.10. The molecule has 1 N–H and O–H groups in total. The van der Waals surface area contributed by atoms with Crippen LogP contribution in [0.1, 0.15) is 30.5 Å². The number of carbonyl (C=O) groups excluding carboxylic acids is 2. The van der Waals surface area contributed by atoms with E-state index in [1.54, 1.807) is 62.8 Å². The highest BCUT2D eigenvalue weighted by Crippen LogP contribution is 2.40. The summed E-state index contributed by atoms with van der Waals surface area (Å²) < 4.78 is 15.8. The molecule has 164 valence electrons. The molecular formula is C24H27NO6. The summed E-state index contributed by atoms with van der Waals surface area (Å²) >= 11 is 0. The highest BCUT2D eigenvalue weighted by atomic mass is 16.5. The summed E-state index contributed by atoms with van der Waals surface area (Å²) in [6.45, 7) is 3.11. The predicted molar refractivity (Wildman–Crippen MR) is 116 cm³/mol. The molecule has 1 aliphatic heterocycles. The fourth-order valence-corrected chi connectivity index (χ4v) is 3.68. The molecule has 1 amide bonds. The SMILES string of the molecule is CCOc1cccc(/C(O)=C2/C(=O)C(=O)N(CCCOC)C2c2ccc(OC)cc2)c1. The molecule has 0 aromatic heterocycles. The van der Waals surface area contributed by atoms with Gasteiger partial charge in [0.25, 0.3) is 11.7 Å². The van der Waals surface area contributed by atoms with Crippen LogP contribution >= 0.6 is 0 Å². The van der Waals surface area contributed by atoms with Crippen molar-refractivity contribution in [2.75, 3.05) is 34.0 Å². The van der Waals surface area contributed by atoms with E-state index in [-0.39, 0.29) is 11.3 Å². The summed E-state index contributed by atoms with van der Waals surface area (Å²) in [6.07, 6.45) is 0.566. The normalized spacial score (nSPS) is 17.8. The Morgan fingerprint density at radius 2 is 1.81 bits per heavy atom. The third-order valence-electron chi connectivity index (χ3n) is 5.14. The third kappa shape index (κ3) is 4.72. The van der Waals surface area contributed by atoms with E-state index in [1.165, 1.54) is 4.90 Å². The van der Waals surface area contributed by atoms with E-state index >= 15 is 0 Å². The van der Waals surface area contributed by atoms with Crippen molar-refractivity contribution in [3.63, 3.8) is 0 Å². The van der Waals surface area contributed by atoms with Gasteiger partial charge in [0.05, 0.1) is 25.3 Å². The highest BCUT2D eigenvalue weighted by molar-refractivity contribution is 6.46. The number of ketones is 1. The maximum Gasteiger partial charge on any atom is 0.295 e. The molecule has 7 nitrogen and oxygen atoms in total. The predicted octanol–water partition coefficient (Wildman–Crippen LogP) is 3.55. The fraction of sp³-hybridized carbons (Fsp3) is 0.333. The average Bonchev–Trinajstić information content (AvgIpc) is 3.04. The summed E-state index contributed by atoms with van der Waals surface area (Å²) in [5, 5.41) is 11.1. The van der Waals surface area contributed by atoms with E-state index in [0.29, 0.717) is 48.8 Å². The van der Waals surface area contributed by atoms with Crippen LogP contribution in [0, 0.1) is 0 Å². The van der Waals surface area contributed by atoms with Crippen molar-refractivity contribution < 1.29 is 28.9 Å². The maximum atomic E-state index is 13.0. The number of carbonyl (C=O) groups is 2. The van der Waals surface area contributed by atoms with E-state index in [9.17, 15) is 14.7 Å². The highest BCUT2D eigenvalue weighted by Gasteiger charge is 2.45. The minimum Gasteiger partial charge on any atom is -0.507 e. The lowest BCUT2D eigenvalue weighted by atomic mass is 9.95. The van der Waals surface area contributed by atoms with Gasteiger partial charge in [-0.15, -0.1) is 0 Å². The Morgan fingerprint density at radius 1 is 1.06 bits per heavy atom. The molecule has 7 heteroatoms. The number of hydrogen-bond acceptors (Lipinski definition) is 6. The molecule has 0 bridgehead atoms. The average molecular weight is 425 g/mol. The fourth-order valence-electron chi connectivity index (χ4n) is 3.68. The van der Waals surface area contributed by atoms with Crippen molar-refractivity contribution in [3.05, 3.63) is 65.2 Å². The summed E-state index contributed by atoms with van der Waals surface area (Å²) in [5.41, 5.74) is 1.18. The zero-order valence-electron chi connectivity index (χ0n) is 18.0. The largest absolute Gasteiger partial charge is 0.507 e. The van der Waals surface area contributed by atoms with Crippen LogP contribution in [0.25, 0.3) is 5.76 Å². The van der Waals surface area contributed by atoms with E-state index in [0.717, 1.165) is 0 Å². The number of benzene rings is 2. The Labute approximate surface area is 181 Å². The van der Waals surface area contributed by atoms with Crippen molar-refractivity contribution in [2.45, 2.75) is 19.4 Å². The number of likely N-dealkylation sites (tertiary alicyclic amines) is 1. The van der Waals surface area contributed by atoms with Gasteiger partial charge in [-0.1, -0.05) is 24.3 Å². The third-order valence-corrected chi connectivity index (χ3v) is 5.14. The lowest BCUT2D eigenvalue weighted by Gasteiger charge is -2.25. The van der Waals surface area contributed by atoms with E-state index in [4.69, 9.17) is 14.2 Å². The zero-order valence-corrected chi connectivity index (χ0v) is 18.0. The molecule has 2 aromatic carbocycles. The smallest absolute Gasteiger partial charge is 0.295 e. The molecule has 1 fully saturated rings. The maximum absolute atomic E-state index is 13.0. The number of methoxy groups -OCH3 is 2. The van der Waals surface area contributed by atoms with E-state index in [2.05, 4.69) is 0 Å². The van der Waals surface area contributed by atoms with Crippen LogP contribution in [0.4, 0.5) is 0 Å². The number of nitrogens with zero attached hydrogens (tertiary/aromatic N) is 1. The van der Waals surface area contributed by atoms with Gasteiger partial charge in [0, 0.05) is 25.8 Å². The molecule has 3 rings (SSSR count). The molecular weight excluding hydrogens is 398 g/mol. The molecule has 1 heterocycles. The second-order valence-electron chi connectivity index (χ2n) is 7.07. The molecule has 0 aliphatic carbocycles. The van der Waals surface area contributed by atoms with Gasteiger partial charge in [0.15, 0.2) is 0 Å². The summed E-state index contributed by atoms with van der Waals surface area (Å²) in [7, 11) is 3.15. The van der Waals surface area contributed by atoms with Gasteiger partial charge in [-0.3, -0.25) is 9.59 Å². The molecule has 0 radical (unpaired) electrons. The van der Waals surface area contributed by atoms with Gasteiger partial charge in [0.2, 0.25) is 0 Å². The number of amides is 1. The Kier molecular flexibility index (Phi) is 7.31. The summed E-state index contributed by atoms with van der Waals surface area (Å²) in [6, 6.07) is 13.2. The van der Waals surface area contributed by atoms with Crippen LogP contribution < -0.4 is 9.47 Å². The van der Waals surface area contributed by atoms with Gasteiger partial charge in [-0.05, 0) is 43.2 Å². The molecule has 0 spiro atoms. The second-order valence-corrected chi connectivity index (χ2v) is 7.07. The van der Waals surface area contributed by atoms with Crippen molar-refractivity contribution in [2.24, 2.45) is 0 Å². The summed E-state index contributed by atoms with van der Waals surface area (Å²) in [5.74, 6) is -0.349. The van der Waals surface area contributed by atoms with Gasteiger partial charge >= 0.3 is 0 Å². The number of rotatable bonds is 9. The van der Waals surface area contributed by atoms with Crippen LogP contribution in [0.3, 0.4) is 0 Å². The first-order valence-electron chi connectivity index (χ1n) is 10.2. The number of aliphatic hydroxyl groups excluding tert-OH is 1. The molecule has 2 aromatic rings. The van der Waals surface area contributed by atoms with Crippen LogP contribution in [0.5, 0.6) is 11.5 Å². The van der Waals surface area contributed by atoms with Crippen molar-refractivity contribution in [1.82, 2.24) is 4.90 Å². The minimum absolute atomic E-state index is 0.0567. The molecule has 0 saturated carbocycles. The molecule has 1 unspecified atom stereocenters. The monoisotopic (exact) mass is 425 g/mol. The Morgan fingerprint density at radius 3 is 2.45 bits per heavy atom. The molecule has 1 saturated heterocycles. The van der Waals surface area contributed by atoms with Crippen molar-refractivity contribution >= 4 is 17.4 Å². The number of Topliss-reactive ketones (excluding diaryl/α,β-unsaturated/α-hetero) is 1. The van der Waals surface area contributed by atoms with Crippen LogP contribution in [-0.4, -0.2) is 55.7 Å². The van der Waals surface area contributed by atoms with Gasteiger partial charge in [-0.25, -0.2) is 0 Å². The van der Waals surface area contributed by atoms with Crippen LogP contribution in [0.2, 0.25) is 0 Å². The number of hydrogen-bond donors (Lipinski definition) is 1. The standard InChI is InChI=1S/C24H27NO6/c1-4-31-19-8-5-7-17(15-19)22(26)20-21(16-9-11-18(30-3)12-10-16)25(13-6-14-29-2)24(28)23(20)27/h5,7-12,15,21,26H,4,6,13-14H2,1-3H3/b22-20-. The summed E-state index contributed by atoms with van der Waals surface area (Å²) in [4.78, 5) is 27.3. The first-order chi connectivity index (χ1) is 15.0.